The minimum absolute atomic E-state index is 0.0348. The summed E-state index contributed by atoms with van der Waals surface area (Å²) in [5, 5.41) is 0. The van der Waals surface area contributed by atoms with E-state index in [0.29, 0.717) is 13.2 Å². The van der Waals surface area contributed by atoms with E-state index >= 15 is 0 Å². The van der Waals surface area contributed by atoms with Crippen LogP contribution in [0.15, 0.2) is 54.6 Å². The van der Waals surface area contributed by atoms with E-state index in [4.69, 9.17) is 4.84 Å². The van der Waals surface area contributed by atoms with Crippen molar-refractivity contribution in [1.29, 1.82) is 0 Å². The monoisotopic (exact) mass is 338 g/mol. The van der Waals surface area contributed by atoms with Crippen molar-refractivity contribution in [1.82, 2.24) is 5.48 Å². The summed E-state index contributed by atoms with van der Waals surface area (Å²) in [6.07, 6.45) is 1.16. The summed E-state index contributed by atoms with van der Waals surface area (Å²) in [6.45, 7) is 2.77. The third kappa shape index (κ3) is 4.25. The van der Waals surface area contributed by atoms with Gasteiger partial charge in [-0.3, -0.25) is 14.4 Å². The fourth-order valence-corrected chi connectivity index (χ4v) is 2.89. The summed E-state index contributed by atoms with van der Waals surface area (Å²) in [4.78, 5) is 31.4. The maximum absolute atomic E-state index is 12.2. The number of carbonyl (C=O) groups is 2. The van der Waals surface area contributed by atoms with Gasteiger partial charge < -0.3 is 4.90 Å². The van der Waals surface area contributed by atoms with Crippen LogP contribution in [0.25, 0.3) is 0 Å². The van der Waals surface area contributed by atoms with Crippen molar-refractivity contribution < 1.29 is 14.4 Å². The van der Waals surface area contributed by atoms with Crippen molar-refractivity contribution in [3.05, 3.63) is 65.7 Å². The molecule has 1 saturated heterocycles. The van der Waals surface area contributed by atoms with Crippen LogP contribution in [0.1, 0.15) is 24.5 Å². The van der Waals surface area contributed by atoms with Gasteiger partial charge in [-0.05, 0) is 29.7 Å². The highest BCUT2D eigenvalue weighted by Crippen LogP contribution is 2.25. The van der Waals surface area contributed by atoms with Crippen LogP contribution >= 0.6 is 0 Å². The van der Waals surface area contributed by atoms with Gasteiger partial charge in [0.1, 0.15) is 0 Å². The number of anilines is 1. The van der Waals surface area contributed by atoms with E-state index in [0.717, 1.165) is 17.7 Å². The highest BCUT2D eigenvalue weighted by molar-refractivity contribution is 6.00. The highest BCUT2D eigenvalue weighted by atomic mass is 16.6. The number of hydrogen-bond donors (Lipinski definition) is 1. The zero-order valence-electron chi connectivity index (χ0n) is 14.3. The third-order valence-electron chi connectivity index (χ3n) is 4.41. The van der Waals surface area contributed by atoms with Crippen molar-refractivity contribution >= 4 is 17.5 Å². The van der Waals surface area contributed by atoms with Crippen LogP contribution in [0.3, 0.4) is 0 Å². The molecule has 1 aliphatic rings. The molecule has 0 spiro atoms. The zero-order valence-corrected chi connectivity index (χ0v) is 14.3. The van der Waals surface area contributed by atoms with Crippen molar-refractivity contribution in [2.45, 2.75) is 26.4 Å². The van der Waals surface area contributed by atoms with Crippen LogP contribution in [0, 0.1) is 5.92 Å². The Kier molecular flexibility index (Phi) is 5.46. The number of rotatable bonds is 6. The number of nitrogens with one attached hydrogen (secondary N) is 1. The predicted octanol–water partition coefficient (Wildman–Crippen LogP) is 2.85. The van der Waals surface area contributed by atoms with Crippen LogP contribution < -0.4 is 10.4 Å². The van der Waals surface area contributed by atoms with Crippen LogP contribution in [0.2, 0.25) is 0 Å². The average Bonchev–Trinajstić information content (AvgIpc) is 3.04. The molecule has 1 N–H and O–H groups in total. The second-order valence-corrected chi connectivity index (χ2v) is 6.17. The maximum Gasteiger partial charge on any atom is 0.248 e. The Labute approximate surface area is 147 Å². The lowest BCUT2D eigenvalue weighted by Gasteiger charge is -2.17. The molecular formula is C20H22N2O3. The molecule has 1 fully saturated rings. The molecule has 1 heterocycles. The Balaban J connectivity index is 1.53. The van der Waals surface area contributed by atoms with Gasteiger partial charge in [0.15, 0.2) is 0 Å². The molecule has 2 aromatic rings. The molecule has 5 heteroatoms. The van der Waals surface area contributed by atoms with Crippen LogP contribution in [-0.4, -0.2) is 18.4 Å². The number of hydroxylamine groups is 1. The summed E-state index contributed by atoms with van der Waals surface area (Å²) >= 11 is 0. The van der Waals surface area contributed by atoms with Gasteiger partial charge >= 0.3 is 0 Å². The zero-order chi connectivity index (χ0) is 17.6. The first-order valence-corrected chi connectivity index (χ1v) is 8.52. The van der Waals surface area contributed by atoms with Gasteiger partial charge in [-0.15, -0.1) is 0 Å². The van der Waals surface area contributed by atoms with E-state index in [1.165, 1.54) is 5.56 Å². The van der Waals surface area contributed by atoms with Crippen molar-refractivity contribution in [3.63, 3.8) is 0 Å². The second kappa shape index (κ2) is 7.94. The lowest BCUT2D eigenvalue weighted by Crippen LogP contribution is -2.33. The van der Waals surface area contributed by atoms with Gasteiger partial charge in [0.2, 0.25) is 11.8 Å². The first-order chi connectivity index (χ1) is 12.2. The molecule has 0 saturated carbocycles. The lowest BCUT2D eigenvalue weighted by molar-refractivity contribution is -0.138. The Morgan fingerprint density at radius 3 is 2.52 bits per heavy atom. The fraction of sp³-hybridized carbons (Fsp3) is 0.300. The van der Waals surface area contributed by atoms with E-state index in [1.807, 2.05) is 54.6 Å². The summed E-state index contributed by atoms with van der Waals surface area (Å²) in [7, 11) is 0. The molecular weight excluding hydrogens is 316 g/mol. The summed E-state index contributed by atoms with van der Waals surface area (Å²) < 4.78 is 0. The molecule has 3 rings (SSSR count). The van der Waals surface area contributed by atoms with Crippen molar-refractivity contribution in [2.75, 3.05) is 11.4 Å². The predicted molar refractivity (Wildman–Crippen MR) is 95.7 cm³/mol. The third-order valence-corrected chi connectivity index (χ3v) is 4.41. The van der Waals surface area contributed by atoms with Gasteiger partial charge in [-0.2, -0.15) is 0 Å². The Bertz CT molecular complexity index is 728. The topological polar surface area (TPSA) is 58.6 Å². The number of nitrogens with zero attached hydrogens (tertiary/aromatic N) is 1. The number of benzene rings is 2. The minimum atomic E-state index is -0.394. The smallest absolute Gasteiger partial charge is 0.248 e. The molecule has 2 aromatic carbocycles. The van der Waals surface area contributed by atoms with Gasteiger partial charge in [0.25, 0.3) is 0 Å². The molecule has 1 aliphatic heterocycles. The maximum atomic E-state index is 12.2. The molecule has 5 nitrogen and oxygen atoms in total. The number of hydrogen-bond acceptors (Lipinski definition) is 3. The largest absolute Gasteiger partial charge is 0.312 e. The van der Waals surface area contributed by atoms with E-state index in [1.54, 1.807) is 4.90 Å². The van der Waals surface area contributed by atoms with Crippen molar-refractivity contribution in [3.8, 4) is 0 Å². The van der Waals surface area contributed by atoms with Crippen molar-refractivity contribution in [2.24, 2.45) is 5.92 Å². The Morgan fingerprint density at radius 2 is 1.84 bits per heavy atom. The van der Waals surface area contributed by atoms with Gasteiger partial charge in [0, 0.05) is 18.7 Å². The van der Waals surface area contributed by atoms with Gasteiger partial charge in [0.05, 0.1) is 12.5 Å². The van der Waals surface area contributed by atoms with E-state index in [2.05, 4.69) is 12.4 Å². The van der Waals surface area contributed by atoms with Crippen LogP contribution in [0.4, 0.5) is 5.69 Å². The fourth-order valence-electron chi connectivity index (χ4n) is 2.89. The Morgan fingerprint density at radius 1 is 1.12 bits per heavy atom. The standard InChI is InChI=1S/C20H22N2O3/c1-2-15-8-10-18(11-9-15)22-13-17(12-19(22)23)20(24)21-25-14-16-6-4-3-5-7-16/h3-11,17H,2,12-14H2,1H3,(H,21,24). The highest BCUT2D eigenvalue weighted by Gasteiger charge is 2.35. The average molecular weight is 338 g/mol. The first-order valence-electron chi connectivity index (χ1n) is 8.52. The lowest BCUT2D eigenvalue weighted by atomic mass is 10.1. The molecule has 0 radical (unpaired) electrons. The van der Waals surface area contributed by atoms with E-state index in [9.17, 15) is 9.59 Å². The summed E-state index contributed by atoms with van der Waals surface area (Å²) in [5.74, 6) is -0.682. The molecule has 2 amide bonds. The molecule has 1 atom stereocenters. The normalized spacial score (nSPS) is 16.9. The minimum Gasteiger partial charge on any atom is -0.312 e. The molecule has 1 unspecified atom stereocenters. The SMILES string of the molecule is CCc1ccc(N2CC(C(=O)NOCc3ccccc3)CC2=O)cc1. The second-order valence-electron chi connectivity index (χ2n) is 6.17. The molecule has 130 valence electrons. The number of amides is 2. The summed E-state index contributed by atoms with van der Waals surface area (Å²) in [5.41, 5.74) is 5.50. The molecule has 0 aromatic heterocycles. The number of carbonyl (C=O) groups excluding carboxylic acids is 2. The van der Waals surface area contributed by atoms with Gasteiger partial charge in [-0.25, -0.2) is 5.48 Å². The quantitative estimate of drug-likeness (QED) is 0.824. The first kappa shape index (κ1) is 17.2. The molecule has 0 aliphatic carbocycles. The van der Waals surface area contributed by atoms with E-state index < -0.39 is 5.92 Å². The van der Waals surface area contributed by atoms with Crippen LogP contribution in [-0.2, 0) is 27.5 Å². The Hall–Kier alpha value is -2.66. The van der Waals surface area contributed by atoms with Crippen LogP contribution in [0.5, 0.6) is 0 Å². The molecule has 0 bridgehead atoms. The number of aryl methyl sites for hydroxylation is 1. The molecule has 25 heavy (non-hydrogen) atoms. The summed E-state index contributed by atoms with van der Waals surface area (Å²) in [6, 6.07) is 17.5. The van der Waals surface area contributed by atoms with E-state index in [-0.39, 0.29) is 18.2 Å². The van der Waals surface area contributed by atoms with Gasteiger partial charge in [-0.1, -0.05) is 49.4 Å².